The second-order valence-corrected chi connectivity index (χ2v) is 6.21. The maximum Gasteiger partial charge on any atom is 0.186 e. The van der Waals surface area contributed by atoms with E-state index in [-0.39, 0.29) is 6.42 Å². The van der Waals surface area contributed by atoms with Crippen LogP contribution in [0.5, 0.6) is 0 Å². The lowest BCUT2D eigenvalue weighted by atomic mass is 9.81. The summed E-state index contributed by atoms with van der Waals surface area (Å²) in [6, 6.07) is 0. The Morgan fingerprint density at radius 2 is 1.29 bits per heavy atom. The molecule has 0 aliphatic carbocycles. The minimum atomic E-state index is -1.54. The van der Waals surface area contributed by atoms with Gasteiger partial charge in [0.05, 0.1) is 31.5 Å². The number of ether oxygens (including phenoxy) is 3. The highest BCUT2D eigenvalue weighted by molar-refractivity contribution is 4.96. The van der Waals surface area contributed by atoms with E-state index in [1.54, 1.807) is 0 Å². The first-order valence-electron chi connectivity index (χ1n) is 7.81. The van der Waals surface area contributed by atoms with Crippen LogP contribution in [0.4, 0.5) is 0 Å². The topological polar surface area (TPSA) is 169 Å². The highest BCUT2D eigenvalue weighted by Gasteiger charge is 2.49. The van der Waals surface area contributed by atoms with Crippen molar-refractivity contribution < 1.29 is 50.0 Å². The first kappa shape index (κ1) is 19.9. The molecule has 2 rings (SSSR count). The quantitative estimate of drug-likeness (QED) is 0.258. The van der Waals surface area contributed by atoms with Crippen molar-refractivity contribution in [1.82, 2.24) is 0 Å². The second-order valence-electron chi connectivity index (χ2n) is 6.21. The van der Waals surface area contributed by atoms with Gasteiger partial charge in [0.2, 0.25) is 0 Å². The van der Waals surface area contributed by atoms with Crippen molar-refractivity contribution >= 4 is 0 Å². The van der Waals surface area contributed by atoms with Gasteiger partial charge in [-0.1, -0.05) is 0 Å². The zero-order valence-corrected chi connectivity index (χ0v) is 13.3. The molecule has 0 aromatic carbocycles. The van der Waals surface area contributed by atoms with Gasteiger partial charge < -0.3 is 50.0 Å². The molecule has 142 valence electrons. The van der Waals surface area contributed by atoms with E-state index in [0.717, 1.165) is 0 Å². The van der Waals surface area contributed by atoms with Gasteiger partial charge in [-0.25, -0.2) is 0 Å². The lowest BCUT2D eigenvalue weighted by Gasteiger charge is -2.45. The van der Waals surface area contributed by atoms with Crippen molar-refractivity contribution in [2.45, 2.75) is 61.5 Å². The number of rotatable bonds is 5. The Labute approximate surface area is 138 Å². The molecule has 0 bridgehead atoms. The van der Waals surface area contributed by atoms with Crippen LogP contribution >= 0.6 is 0 Å². The molecular formula is C14H26O10. The van der Waals surface area contributed by atoms with Crippen molar-refractivity contribution in [1.29, 1.82) is 0 Å². The van der Waals surface area contributed by atoms with Crippen LogP contribution in [0.25, 0.3) is 0 Å². The Hall–Kier alpha value is -0.400. The first-order valence-corrected chi connectivity index (χ1v) is 7.81. The minimum absolute atomic E-state index is 0.0820. The predicted octanol–water partition coefficient (Wildman–Crippen LogP) is -4.08. The SMILES string of the molecule is CO[C@@H]1O[C@H](CO)[C@@H](C[C@H]2O[C@H](CO)[C@@H](O)[C@H](O)[C@H]2O)[C@H](O)[C@H]1O. The van der Waals surface area contributed by atoms with Crippen molar-refractivity contribution in [3.63, 3.8) is 0 Å². The van der Waals surface area contributed by atoms with Crippen LogP contribution < -0.4 is 0 Å². The summed E-state index contributed by atoms with van der Waals surface area (Å²) in [4.78, 5) is 0. The molecule has 2 aliphatic rings. The fourth-order valence-corrected chi connectivity index (χ4v) is 3.29. The smallest absolute Gasteiger partial charge is 0.186 e. The summed E-state index contributed by atoms with van der Waals surface area (Å²) in [6.07, 6.45) is -11.4. The molecule has 10 nitrogen and oxygen atoms in total. The van der Waals surface area contributed by atoms with Crippen molar-refractivity contribution in [2.75, 3.05) is 20.3 Å². The van der Waals surface area contributed by atoms with Gasteiger partial charge >= 0.3 is 0 Å². The molecule has 2 saturated heterocycles. The molecule has 7 N–H and O–H groups in total. The Morgan fingerprint density at radius 1 is 0.708 bits per heavy atom. The summed E-state index contributed by atoms with van der Waals surface area (Å²) in [5.74, 6) is -0.821. The number of aliphatic hydroxyl groups is 7. The zero-order chi connectivity index (χ0) is 18.0. The van der Waals surface area contributed by atoms with Crippen LogP contribution in [0.1, 0.15) is 6.42 Å². The summed E-state index contributed by atoms with van der Waals surface area (Å²) in [5.41, 5.74) is 0. The average Bonchev–Trinajstić information content (AvgIpc) is 2.59. The fraction of sp³-hybridized carbons (Fsp3) is 1.00. The Morgan fingerprint density at radius 3 is 1.83 bits per heavy atom. The molecule has 2 heterocycles. The van der Waals surface area contributed by atoms with Crippen molar-refractivity contribution in [3.8, 4) is 0 Å². The molecule has 0 aromatic heterocycles. The first-order chi connectivity index (χ1) is 11.3. The van der Waals surface area contributed by atoms with E-state index in [0.29, 0.717) is 0 Å². The second kappa shape index (κ2) is 8.32. The highest BCUT2D eigenvalue weighted by Crippen LogP contribution is 2.33. The normalized spacial score (nSPS) is 50.0. The molecule has 10 heteroatoms. The number of methoxy groups -OCH3 is 1. The summed E-state index contributed by atoms with van der Waals surface area (Å²) >= 11 is 0. The van der Waals surface area contributed by atoms with Gasteiger partial charge in [0, 0.05) is 13.0 Å². The van der Waals surface area contributed by atoms with Crippen LogP contribution in [0.3, 0.4) is 0 Å². The third-order valence-electron chi connectivity index (χ3n) is 4.76. The number of hydrogen-bond acceptors (Lipinski definition) is 10. The van der Waals surface area contributed by atoms with Crippen LogP contribution in [0, 0.1) is 5.92 Å². The standard InChI is InChI=1S/C14H26O10/c1-22-14-13(21)9(17)5(7(3-15)24-14)2-6-10(18)12(20)11(19)8(4-16)23-6/h5-21H,2-4H2,1H3/t5-,6-,7-,8-,9+,10+,11-,12-,13-,14-/m1/s1. The highest BCUT2D eigenvalue weighted by atomic mass is 16.7. The molecule has 0 unspecified atom stereocenters. The average molecular weight is 354 g/mol. The van der Waals surface area contributed by atoms with Crippen LogP contribution in [0.15, 0.2) is 0 Å². The summed E-state index contributed by atoms with van der Waals surface area (Å²) < 4.78 is 15.7. The molecule has 10 atom stereocenters. The monoisotopic (exact) mass is 354 g/mol. The summed E-state index contributed by atoms with van der Waals surface area (Å²) in [7, 11) is 1.28. The van der Waals surface area contributed by atoms with E-state index in [1.807, 2.05) is 0 Å². The van der Waals surface area contributed by atoms with E-state index in [1.165, 1.54) is 7.11 Å². The molecule has 0 saturated carbocycles. The van der Waals surface area contributed by atoms with E-state index in [2.05, 4.69) is 0 Å². The Kier molecular flexibility index (Phi) is 6.90. The third-order valence-corrected chi connectivity index (χ3v) is 4.76. The number of hydrogen-bond donors (Lipinski definition) is 7. The van der Waals surface area contributed by atoms with E-state index < -0.39 is 74.3 Å². The molecular weight excluding hydrogens is 328 g/mol. The molecule has 2 aliphatic heterocycles. The summed E-state index contributed by atoms with van der Waals surface area (Å²) in [5, 5.41) is 68.6. The van der Waals surface area contributed by atoms with E-state index in [9.17, 15) is 35.7 Å². The van der Waals surface area contributed by atoms with Gasteiger partial charge in [0.1, 0.15) is 30.5 Å². The maximum atomic E-state index is 10.3. The van der Waals surface area contributed by atoms with Gasteiger partial charge in [-0.2, -0.15) is 0 Å². The maximum absolute atomic E-state index is 10.3. The van der Waals surface area contributed by atoms with Crippen molar-refractivity contribution in [2.24, 2.45) is 5.92 Å². The summed E-state index contributed by atoms with van der Waals surface area (Å²) in [6.45, 7) is -1.03. The number of aliphatic hydroxyl groups excluding tert-OH is 7. The zero-order valence-electron chi connectivity index (χ0n) is 13.3. The third kappa shape index (κ3) is 3.73. The fourth-order valence-electron chi connectivity index (χ4n) is 3.29. The van der Waals surface area contributed by atoms with E-state index in [4.69, 9.17) is 14.2 Å². The largest absolute Gasteiger partial charge is 0.394 e. The molecule has 0 amide bonds. The predicted molar refractivity (Wildman–Crippen MR) is 76.6 cm³/mol. The molecule has 0 radical (unpaired) electrons. The van der Waals surface area contributed by atoms with Gasteiger partial charge in [0.25, 0.3) is 0 Å². The molecule has 2 fully saturated rings. The van der Waals surface area contributed by atoms with Gasteiger partial charge in [-0.05, 0) is 6.42 Å². The van der Waals surface area contributed by atoms with Gasteiger partial charge in [0.15, 0.2) is 6.29 Å². The Bertz CT molecular complexity index is 392. The van der Waals surface area contributed by atoms with Crippen LogP contribution in [-0.2, 0) is 14.2 Å². The van der Waals surface area contributed by atoms with Gasteiger partial charge in [-0.3, -0.25) is 0 Å². The molecule has 0 aromatic rings. The lowest BCUT2D eigenvalue weighted by Crippen LogP contribution is -2.61. The van der Waals surface area contributed by atoms with E-state index >= 15 is 0 Å². The lowest BCUT2D eigenvalue weighted by molar-refractivity contribution is -0.293. The molecule has 24 heavy (non-hydrogen) atoms. The van der Waals surface area contributed by atoms with Gasteiger partial charge in [-0.15, -0.1) is 0 Å². The molecule has 0 spiro atoms. The minimum Gasteiger partial charge on any atom is -0.394 e. The van der Waals surface area contributed by atoms with Crippen LogP contribution in [-0.4, -0.2) is 111 Å². The Balaban J connectivity index is 2.12. The van der Waals surface area contributed by atoms with Crippen LogP contribution in [0.2, 0.25) is 0 Å². The van der Waals surface area contributed by atoms with Crippen molar-refractivity contribution in [3.05, 3.63) is 0 Å².